The summed E-state index contributed by atoms with van der Waals surface area (Å²) in [6.45, 7) is 9.68. The standard InChI is InChI=1S/C15H25N3OS/c1-5-18(6-2)15(19)14-10-13(8-9-16-14)17-12(4)11-20-7-3/h8-10,12H,5-7,11H2,1-4H3,(H,16,17). The van der Waals surface area contributed by atoms with Crippen LogP contribution in [0.5, 0.6) is 0 Å². The third-order valence-corrected chi connectivity index (χ3v) is 4.16. The highest BCUT2D eigenvalue weighted by Gasteiger charge is 2.14. The molecule has 0 saturated carbocycles. The summed E-state index contributed by atoms with van der Waals surface area (Å²) in [5.41, 5.74) is 1.47. The molecule has 4 nitrogen and oxygen atoms in total. The molecule has 0 spiro atoms. The summed E-state index contributed by atoms with van der Waals surface area (Å²) in [4.78, 5) is 18.2. The molecule has 0 bridgehead atoms. The van der Waals surface area contributed by atoms with Crippen molar-refractivity contribution in [2.45, 2.75) is 33.7 Å². The highest BCUT2D eigenvalue weighted by atomic mass is 32.2. The second-order valence-electron chi connectivity index (χ2n) is 4.61. The van der Waals surface area contributed by atoms with Gasteiger partial charge in [0.15, 0.2) is 0 Å². The fourth-order valence-corrected chi connectivity index (χ4v) is 2.60. The van der Waals surface area contributed by atoms with Crippen molar-refractivity contribution in [1.29, 1.82) is 0 Å². The van der Waals surface area contributed by atoms with E-state index in [1.54, 1.807) is 11.1 Å². The summed E-state index contributed by atoms with van der Waals surface area (Å²) in [6, 6.07) is 4.12. The van der Waals surface area contributed by atoms with Crippen molar-refractivity contribution < 1.29 is 4.79 Å². The lowest BCUT2D eigenvalue weighted by Gasteiger charge is -2.19. The van der Waals surface area contributed by atoms with Crippen LogP contribution in [0.25, 0.3) is 0 Å². The second-order valence-corrected chi connectivity index (χ2v) is 5.93. The number of nitrogens with one attached hydrogen (secondary N) is 1. The molecule has 0 saturated heterocycles. The molecule has 0 radical (unpaired) electrons. The Labute approximate surface area is 126 Å². The van der Waals surface area contributed by atoms with Crippen molar-refractivity contribution in [3.8, 4) is 0 Å². The van der Waals surface area contributed by atoms with Gasteiger partial charge >= 0.3 is 0 Å². The first-order valence-corrected chi connectivity index (χ1v) is 8.37. The van der Waals surface area contributed by atoms with E-state index in [1.807, 2.05) is 37.7 Å². The fraction of sp³-hybridized carbons (Fsp3) is 0.600. The van der Waals surface area contributed by atoms with Gasteiger partial charge < -0.3 is 10.2 Å². The van der Waals surface area contributed by atoms with Crippen LogP contribution < -0.4 is 5.32 Å². The number of carbonyl (C=O) groups excluding carboxylic acids is 1. The molecular weight excluding hydrogens is 270 g/mol. The van der Waals surface area contributed by atoms with Crippen molar-refractivity contribution in [2.24, 2.45) is 0 Å². The molecule has 112 valence electrons. The zero-order chi connectivity index (χ0) is 15.0. The van der Waals surface area contributed by atoms with Gasteiger partial charge in [-0.15, -0.1) is 0 Å². The van der Waals surface area contributed by atoms with Crippen LogP contribution in [0.15, 0.2) is 18.3 Å². The van der Waals surface area contributed by atoms with Gasteiger partial charge in [-0.25, -0.2) is 0 Å². The van der Waals surface area contributed by atoms with E-state index in [2.05, 4.69) is 24.1 Å². The van der Waals surface area contributed by atoms with E-state index in [9.17, 15) is 4.79 Å². The van der Waals surface area contributed by atoms with Gasteiger partial charge in [0, 0.05) is 36.8 Å². The van der Waals surface area contributed by atoms with Crippen LogP contribution in [0.1, 0.15) is 38.2 Å². The average Bonchev–Trinajstić information content (AvgIpc) is 2.46. The van der Waals surface area contributed by atoms with Gasteiger partial charge in [0.05, 0.1) is 0 Å². The summed E-state index contributed by atoms with van der Waals surface area (Å²) >= 11 is 1.90. The van der Waals surface area contributed by atoms with E-state index in [-0.39, 0.29) is 5.91 Å². The Morgan fingerprint density at radius 1 is 1.40 bits per heavy atom. The first-order chi connectivity index (χ1) is 9.62. The molecule has 1 unspecified atom stereocenters. The molecule has 0 aromatic carbocycles. The molecule has 1 rings (SSSR count). The summed E-state index contributed by atoms with van der Waals surface area (Å²) < 4.78 is 0. The number of nitrogens with zero attached hydrogens (tertiary/aromatic N) is 2. The number of pyridine rings is 1. The summed E-state index contributed by atoms with van der Waals surface area (Å²) in [7, 11) is 0. The predicted octanol–water partition coefficient (Wildman–Crippen LogP) is 3.12. The highest BCUT2D eigenvalue weighted by molar-refractivity contribution is 7.99. The lowest BCUT2D eigenvalue weighted by Crippen LogP contribution is -2.31. The summed E-state index contributed by atoms with van der Waals surface area (Å²) in [6.07, 6.45) is 1.69. The zero-order valence-electron chi connectivity index (χ0n) is 12.8. The minimum Gasteiger partial charge on any atom is -0.382 e. The lowest BCUT2D eigenvalue weighted by molar-refractivity contribution is 0.0767. The third-order valence-electron chi connectivity index (χ3n) is 3.01. The molecule has 0 aliphatic heterocycles. The molecule has 1 heterocycles. The highest BCUT2D eigenvalue weighted by Crippen LogP contribution is 2.13. The molecule has 1 aromatic heterocycles. The van der Waals surface area contributed by atoms with Crippen LogP contribution in [0, 0.1) is 0 Å². The molecule has 1 aromatic rings. The normalized spacial score (nSPS) is 12.0. The smallest absolute Gasteiger partial charge is 0.272 e. The van der Waals surface area contributed by atoms with E-state index in [1.165, 1.54) is 0 Å². The third kappa shape index (κ3) is 5.04. The van der Waals surface area contributed by atoms with Gasteiger partial charge in [-0.2, -0.15) is 11.8 Å². The van der Waals surface area contributed by atoms with Crippen LogP contribution >= 0.6 is 11.8 Å². The molecule has 1 atom stereocenters. The Bertz CT molecular complexity index is 421. The van der Waals surface area contributed by atoms with Crippen LogP contribution in [0.4, 0.5) is 5.69 Å². The Hall–Kier alpha value is -1.23. The van der Waals surface area contributed by atoms with E-state index >= 15 is 0 Å². The maximum Gasteiger partial charge on any atom is 0.272 e. The van der Waals surface area contributed by atoms with Crippen LogP contribution in [0.3, 0.4) is 0 Å². The van der Waals surface area contributed by atoms with E-state index in [0.717, 1.165) is 17.2 Å². The SMILES string of the molecule is CCSCC(C)Nc1ccnc(C(=O)N(CC)CC)c1. The maximum absolute atomic E-state index is 12.2. The maximum atomic E-state index is 12.2. The van der Waals surface area contributed by atoms with Gasteiger partial charge in [-0.1, -0.05) is 6.92 Å². The van der Waals surface area contributed by atoms with Crippen LogP contribution in [-0.2, 0) is 0 Å². The first kappa shape index (κ1) is 16.8. The number of thioether (sulfide) groups is 1. The van der Waals surface area contributed by atoms with Gasteiger partial charge in [0.25, 0.3) is 5.91 Å². The largest absolute Gasteiger partial charge is 0.382 e. The van der Waals surface area contributed by atoms with Crippen molar-refractivity contribution in [2.75, 3.05) is 29.9 Å². The zero-order valence-corrected chi connectivity index (χ0v) is 13.7. The number of hydrogen-bond donors (Lipinski definition) is 1. The Kier molecular flexibility index (Phi) is 7.44. The summed E-state index contributed by atoms with van der Waals surface area (Å²) in [5, 5.41) is 3.42. The number of rotatable bonds is 8. The molecular formula is C15H25N3OS. The summed E-state index contributed by atoms with van der Waals surface area (Å²) in [5.74, 6) is 2.17. The van der Waals surface area contributed by atoms with Crippen LogP contribution in [-0.4, -0.2) is 46.4 Å². The fourth-order valence-electron chi connectivity index (χ4n) is 1.93. The minimum atomic E-state index is -0.00534. The van der Waals surface area contributed by atoms with Gasteiger partial charge in [0.2, 0.25) is 0 Å². The molecule has 1 amide bonds. The topological polar surface area (TPSA) is 45.2 Å². The second kappa shape index (κ2) is 8.84. The minimum absolute atomic E-state index is 0.00534. The average molecular weight is 295 g/mol. The number of anilines is 1. The molecule has 0 fully saturated rings. The molecule has 0 aliphatic carbocycles. The predicted molar refractivity (Wildman–Crippen MR) is 87.6 cm³/mol. The van der Waals surface area contributed by atoms with Gasteiger partial charge in [0.1, 0.15) is 5.69 Å². The molecule has 5 heteroatoms. The number of aromatic nitrogens is 1. The van der Waals surface area contributed by atoms with E-state index < -0.39 is 0 Å². The van der Waals surface area contributed by atoms with E-state index in [0.29, 0.717) is 24.8 Å². The monoisotopic (exact) mass is 295 g/mol. The molecule has 20 heavy (non-hydrogen) atoms. The Morgan fingerprint density at radius 2 is 2.10 bits per heavy atom. The van der Waals surface area contributed by atoms with Gasteiger partial charge in [-0.05, 0) is 38.7 Å². The van der Waals surface area contributed by atoms with Crippen molar-refractivity contribution >= 4 is 23.4 Å². The van der Waals surface area contributed by atoms with Crippen molar-refractivity contribution in [1.82, 2.24) is 9.88 Å². The van der Waals surface area contributed by atoms with Gasteiger partial charge in [-0.3, -0.25) is 9.78 Å². The van der Waals surface area contributed by atoms with E-state index in [4.69, 9.17) is 0 Å². The lowest BCUT2D eigenvalue weighted by atomic mass is 10.2. The molecule has 0 aliphatic rings. The molecule has 1 N–H and O–H groups in total. The first-order valence-electron chi connectivity index (χ1n) is 7.21. The Balaban J connectivity index is 2.72. The number of amides is 1. The number of hydrogen-bond acceptors (Lipinski definition) is 4. The number of carbonyl (C=O) groups is 1. The quantitative estimate of drug-likeness (QED) is 0.800. The Morgan fingerprint density at radius 3 is 2.70 bits per heavy atom. The van der Waals surface area contributed by atoms with Crippen LogP contribution in [0.2, 0.25) is 0 Å². The van der Waals surface area contributed by atoms with Crippen molar-refractivity contribution in [3.63, 3.8) is 0 Å². The van der Waals surface area contributed by atoms with Crippen molar-refractivity contribution in [3.05, 3.63) is 24.0 Å².